The van der Waals surface area contributed by atoms with E-state index < -0.39 is 0 Å². The quantitative estimate of drug-likeness (QED) is 0.923. The molecular weight excluding hydrogens is 299 g/mol. The lowest BCUT2D eigenvalue weighted by Gasteiger charge is -2.08. The molecule has 0 bridgehead atoms. The molecule has 20 heavy (non-hydrogen) atoms. The van der Waals surface area contributed by atoms with Crippen LogP contribution < -0.4 is 10.1 Å². The molecule has 6 heteroatoms. The van der Waals surface area contributed by atoms with Gasteiger partial charge in [0, 0.05) is 25.0 Å². The van der Waals surface area contributed by atoms with Crippen molar-refractivity contribution in [1.82, 2.24) is 10.3 Å². The van der Waals surface area contributed by atoms with Crippen LogP contribution in [0.15, 0.2) is 42.7 Å². The predicted molar refractivity (Wildman–Crippen MR) is 78.0 cm³/mol. The van der Waals surface area contributed by atoms with E-state index in [4.69, 9.17) is 27.9 Å². The smallest absolute Gasteiger partial charge is 0.258 e. The molecule has 0 spiro atoms. The molecule has 0 saturated carbocycles. The molecule has 1 heterocycles. The molecule has 0 aliphatic rings. The average Bonchev–Trinajstić information content (AvgIpc) is 2.47. The van der Waals surface area contributed by atoms with Gasteiger partial charge in [0.25, 0.3) is 5.91 Å². The van der Waals surface area contributed by atoms with E-state index in [0.29, 0.717) is 22.3 Å². The number of hydrogen-bond donors (Lipinski definition) is 1. The number of ether oxygens (including phenoxy) is 1. The van der Waals surface area contributed by atoms with Gasteiger partial charge in [-0.15, -0.1) is 0 Å². The van der Waals surface area contributed by atoms with E-state index in [2.05, 4.69) is 10.3 Å². The van der Waals surface area contributed by atoms with Crippen LogP contribution in [0.4, 0.5) is 0 Å². The summed E-state index contributed by atoms with van der Waals surface area (Å²) in [5.74, 6) is 0.284. The van der Waals surface area contributed by atoms with Crippen LogP contribution in [0, 0.1) is 0 Å². The van der Waals surface area contributed by atoms with Crippen molar-refractivity contribution in [1.29, 1.82) is 0 Å². The number of rotatable bonds is 5. The fourth-order valence-electron chi connectivity index (χ4n) is 1.47. The summed E-state index contributed by atoms with van der Waals surface area (Å²) in [6, 6.07) is 8.51. The molecule has 1 N–H and O–H groups in total. The molecule has 2 rings (SSSR count). The highest BCUT2D eigenvalue weighted by Crippen LogP contribution is 2.26. The van der Waals surface area contributed by atoms with Gasteiger partial charge in [0.2, 0.25) is 0 Å². The van der Waals surface area contributed by atoms with Crippen LogP contribution in [0.3, 0.4) is 0 Å². The number of benzene rings is 1. The standard InChI is InChI=1S/C14H12Cl2N2O2/c15-12-2-1-11(7-13(12)16)20-9-14(19)18-8-10-3-5-17-6-4-10/h1-7H,8-9H2,(H,18,19). The van der Waals surface area contributed by atoms with Crippen LogP contribution >= 0.6 is 23.2 Å². The van der Waals surface area contributed by atoms with E-state index in [1.807, 2.05) is 12.1 Å². The number of aromatic nitrogens is 1. The highest BCUT2D eigenvalue weighted by molar-refractivity contribution is 6.42. The van der Waals surface area contributed by atoms with Crippen molar-refractivity contribution in [2.75, 3.05) is 6.61 Å². The van der Waals surface area contributed by atoms with E-state index in [9.17, 15) is 4.79 Å². The Kier molecular flexibility index (Phi) is 5.21. The number of nitrogens with one attached hydrogen (secondary N) is 1. The Morgan fingerprint density at radius 3 is 2.60 bits per heavy atom. The van der Waals surface area contributed by atoms with Crippen molar-refractivity contribution >= 4 is 29.1 Å². The lowest BCUT2D eigenvalue weighted by Crippen LogP contribution is -2.28. The van der Waals surface area contributed by atoms with Crippen LogP contribution in [-0.2, 0) is 11.3 Å². The lowest BCUT2D eigenvalue weighted by atomic mass is 10.3. The zero-order chi connectivity index (χ0) is 14.4. The Hall–Kier alpha value is -1.78. The first-order chi connectivity index (χ1) is 9.65. The van der Waals surface area contributed by atoms with Gasteiger partial charge < -0.3 is 10.1 Å². The van der Waals surface area contributed by atoms with Gasteiger partial charge in [0.15, 0.2) is 6.61 Å². The zero-order valence-corrected chi connectivity index (χ0v) is 12.0. The molecule has 0 aliphatic carbocycles. The first-order valence-electron chi connectivity index (χ1n) is 5.88. The first-order valence-corrected chi connectivity index (χ1v) is 6.64. The van der Waals surface area contributed by atoms with Gasteiger partial charge in [-0.3, -0.25) is 9.78 Å². The van der Waals surface area contributed by atoms with Crippen molar-refractivity contribution in [3.8, 4) is 5.75 Å². The molecule has 1 amide bonds. The second-order valence-corrected chi connectivity index (χ2v) is 4.81. The highest BCUT2D eigenvalue weighted by Gasteiger charge is 2.04. The van der Waals surface area contributed by atoms with E-state index in [1.165, 1.54) is 0 Å². The average molecular weight is 311 g/mol. The summed E-state index contributed by atoms with van der Waals surface area (Å²) in [5.41, 5.74) is 0.975. The fraction of sp³-hybridized carbons (Fsp3) is 0.143. The van der Waals surface area contributed by atoms with Crippen molar-refractivity contribution in [3.05, 3.63) is 58.3 Å². The van der Waals surface area contributed by atoms with Gasteiger partial charge in [0.05, 0.1) is 10.0 Å². The van der Waals surface area contributed by atoms with Gasteiger partial charge in [-0.05, 0) is 29.8 Å². The third kappa shape index (κ3) is 4.40. The molecule has 1 aromatic carbocycles. The van der Waals surface area contributed by atoms with E-state index in [1.54, 1.807) is 30.6 Å². The number of nitrogens with zero attached hydrogens (tertiary/aromatic N) is 1. The number of hydrogen-bond acceptors (Lipinski definition) is 3. The second-order valence-electron chi connectivity index (χ2n) is 4.00. The molecule has 1 aromatic heterocycles. The molecule has 104 valence electrons. The fourth-order valence-corrected chi connectivity index (χ4v) is 1.76. The highest BCUT2D eigenvalue weighted by atomic mass is 35.5. The minimum Gasteiger partial charge on any atom is -0.484 e. The van der Waals surface area contributed by atoms with Crippen LogP contribution in [0.1, 0.15) is 5.56 Å². The minimum absolute atomic E-state index is 0.0803. The van der Waals surface area contributed by atoms with Gasteiger partial charge >= 0.3 is 0 Å². The maximum atomic E-state index is 11.6. The number of carbonyl (C=O) groups excluding carboxylic acids is 1. The van der Waals surface area contributed by atoms with E-state index in [-0.39, 0.29) is 12.5 Å². The molecular formula is C14H12Cl2N2O2. The van der Waals surface area contributed by atoms with E-state index >= 15 is 0 Å². The lowest BCUT2D eigenvalue weighted by molar-refractivity contribution is -0.123. The molecule has 0 fully saturated rings. The number of halogens is 2. The van der Waals surface area contributed by atoms with Crippen molar-refractivity contribution < 1.29 is 9.53 Å². The summed E-state index contributed by atoms with van der Waals surface area (Å²) in [5, 5.41) is 3.58. The molecule has 0 atom stereocenters. The summed E-state index contributed by atoms with van der Waals surface area (Å²) in [4.78, 5) is 15.5. The van der Waals surface area contributed by atoms with Gasteiger partial charge in [-0.25, -0.2) is 0 Å². The van der Waals surface area contributed by atoms with Gasteiger partial charge in [0.1, 0.15) is 5.75 Å². The Morgan fingerprint density at radius 1 is 1.15 bits per heavy atom. The normalized spacial score (nSPS) is 10.1. The molecule has 0 aliphatic heterocycles. The molecule has 2 aromatic rings. The predicted octanol–water partition coefficient (Wildman–Crippen LogP) is 3.08. The topological polar surface area (TPSA) is 51.2 Å². The molecule has 0 radical (unpaired) electrons. The van der Waals surface area contributed by atoms with Crippen molar-refractivity contribution in [3.63, 3.8) is 0 Å². The van der Waals surface area contributed by atoms with Crippen molar-refractivity contribution in [2.24, 2.45) is 0 Å². The largest absolute Gasteiger partial charge is 0.484 e. The Labute approximate surface area is 126 Å². The SMILES string of the molecule is O=C(COc1ccc(Cl)c(Cl)c1)NCc1ccncc1. The maximum absolute atomic E-state index is 11.6. The summed E-state index contributed by atoms with van der Waals surface area (Å²) < 4.78 is 5.32. The summed E-state index contributed by atoms with van der Waals surface area (Å²) in [6.07, 6.45) is 3.35. The minimum atomic E-state index is -0.215. The molecule has 0 unspecified atom stereocenters. The van der Waals surface area contributed by atoms with Crippen LogP contribution in [-0.4, -0.2) is 17.5 Å². The zero-order valence-electron chi connectivity index (χ0n) is 10.5. The Morgan fingerprint density at radius 2 is 1.90 bits per heavy atom. The van der Waals surface area contributed by atoms with Crippen LogP contribution in [0.5, 0.6) is 5.75 Å². The van der Waals surface area contributed by atoms with Gasteiger partial charge in [-0.1, -0.05) is 23.2 Å². The van der Waals surface area contributed by atoms with Gasteiger partial charge in [-0.2, -0.15) is 0 Å². The number of carbonyl (C=O) groups is 1. The van der Waals surface area contributed by atoms with Crippen LogP contribution in [0.25, 0.3) is 0 Å². The van der Waals surface area contributed by atoms with Crippen molar-refractivity contribution in [2.45, 2.75) is 6.54 Å². The second kappa shape index (κ2) is 7.12. The van der Waals surface area contributed by atoms with E-state index in [0.717, 1.165) is 5.56 Å². The third-order valence-corrected chi connectivity index (χ3v) is 3.24. The first kappa shape index (κ1) is 14.6. The molecule has 4 nitrogen and oxygen atoms in total. The summed E-state index contributed by atoms with van der Waals surface area (Å²) >= 11 is 11.6. The number of pyridine rings is 1. The van der Waals surface area contributed by atoms with Crippen LogP contribution in [0.2, 0.25) is 10.0 Å². The monoisotopic (exact) mass is 310 g/mol. The Bertz CT molecular complexity index is 591. The number of amides is 1. The summed E-state index contributed by atoms with van der Waals surface area (Å²) in [6.45, 7) is 0.356. The summed E-state index contributed by atoms with van der Waals surface area (Å²) in [7, 11) is 0. The Balaban J connectivity index is 1.79. The third-order valence-electron chi connectivity index (χ3n) is 2.50. The maximum Gasteiger partial charge on any atom is 0.258 e. The molecule has 0 saturated heterocycles.